The highest BCUT2D eigenvalue weighted by Crippen LogP contribution is 2.20. The summed E-state index contributed by atoms with van der Waals surface area (Å²) in [6.45, 7) is 8.13. The van der Waals surface area contributed by atoms with E-state index >= 15 is 0 Å². The first-order valence-corrected chi connectivity index (χ1v) is 8.75. The molecule has 19 heavy (non-hydrogen) atoms. The van der Waals surface area contributed by atoms with Gasteiger partial charge in [-0.3, -0.25) is 4.79 Å². The van der Waals surface area contributed by atoms with Crippen molar-refractivity contribution in [1.82, 2.24) is 0 Å². The summed E-state index contributed by atoms with van der Waals surface area (Å²) >= 11 is 1.34. The lowest BCUT2D eigenvalue weighted by Gasteiger charge is -2.11. The molecule has 0 spiro atoms. The zero-order valence-corrected chi connectivity index (χ0v) is 14.1. The van der Waals surface area contributed by atoms with E-state index in [1.54, 1.807) is 0 Å². The molecule has 0 aliphatic carbocycles. The van der Waals surface area contributed by atoms with Gasteiger partial charge in [-0.1, -0.05) is 79.1 Å². The van der Waals surface area contributed by atoms with Crippen molar-refractivity contribution in [2.75, 3.05) is 0 Å². The van der Waals surface area contributed by atoms with Crippen molar-refractivity contribution in [1.29, 1.82) is 0 Å². The molecule has 3 heteroatoms. The lowest BCUT2D eigenvalue weighted by molar-refractivity contribution is -0.136. The van der Waals surface area contributed by atoms with E-state index in [9.17, 15) is 4.79 Å². The number of carbonyl (C=O) groups is 1. The van der Waals surface area contributed by atoms with Crippen LogP contribution in [-0.2, 0) is 8.98 Å². The second-order valence-corrected chi connectivity index (χ2v) is 6.89. The molecule has 114 valence electrons. The maximum atomic E-state index is 11.3. The molecule has 0 saturated heterocycles. The maximum absolute atomic E-state index is 11.3. The summed E-state index contributed by atoms with van der Waals surface area (Å²) in [4.78, 5) is 11.3. The SMILES string of the molecule is CCCCCCCCCCC(C)SOC(=O)C(C)C. The second kappa shape index (κ2) is 12.8. The average molecular weight is 288 g/mol. The van der Waals surface area contributed by atoms with Crippen LogP contribution < -0.4 is 0 Å². The van der Waals surface area contributed by atoms with Gasteiger partial charge in [0.2, 0.25) is 0 Å². The lowest BCUT2D eigenvalue weighted by Crippen LogP contribution is -2.09. The highest BCUT2D eigenvalue weighted by molar-refractivity contribution is 7.95. The summed E-state index contributed by atoms with van der Waals surface area (Å²) in [5.74, 6) is -0.129. The third-order valence-electron chi connectivity index (χ3n) is 3.23. The molecule has 0 amide bonds. The van der Waals surface area contributed by atoms with Gasteiger partial charge in [-0.05, 0) is 6.42 Å². The molecule has 0 aliphatic rings. The molecular formula is C16H32O2S. The first-order valence-electron chi connectivity index (χ1n) is 7.95. The number of unbranched alkanes of at least 4 members (excludes halogenated alkanes) is 7. The zero-order valence-electron chi connectivity index (χ0n) is 13.2. The van der Waals surface area contributed by atoms with Gasteiger partial charge in [-0.2, -0.15) is 0 Å². The van der Waals surface area contributed by atoms with Gasteiger partial charge < -0.3 is 4.18 Å². The molecule has 2 nitrogen and oxygen atoms in total. The predicted octanol–water partition coefficient (Wildman–Crippen LogP) is 5.75. The Hall–Kier alpha value is -0.180. The van der Waals surface area contributed by atoms with Gasteiger partial charge >= 0.3 is 5.97 Å². The average Bonchev–Trinajstić information content (AvgIpc) is 2.38. The molecule has 0 fully saturated rings. The van der Waals surface area contributed by atoms with Gasteiger partial charge in [0, 0.05) is 5.25 Å². The Morgan fingerprint density at radius 1 is 0.947 bits per heavy atom. The fraction of sp³-hybridized carbons (Fsp3) is 0.938. The minimum atomic E-state index is -0.104. The fourth-order valence-electron chi connectivity index (χ4n) is 1.84. The molecular weight excluding hydrogens is 256 g/mol. The van der Waals surface area contributed by atoms with Crippen molar-refractivity contribution in [3.8, 4) is 0 Å². The lowest BCUT2D eigenvalue weighted by atomic mass is 10.1. The number of carbonyl (C=O) groups excluding carboxylic acids is 1. The Morgan fingerprint density at radius 2 is 1.47 bits per heavy atom. The van der Waals surface area contributed by atoms with E-state index in [1.807, 2.05) is 13.8 Å². The van der Waals surface area contributed by atoms with Crippen LogP contribution in [0.15, 0.2) is 0 Å². The number of hydrogen-bond donors (Lipinski definition) is 0. The van der Waals surface area contributed by atoms with Gasteiger partial charge in [0.05, 0.1) is 18.0 Å². The Morgan fingerprint density at radius 3 is 2.00 bits per heavy atom. The molecule has 0 saturated carbocycles. The summed E-state index contributed by atoms with van der Waals surface area (Å²) in [7, 11) is 0. The molecule has 1 unspecified atom stereocenters. The van der Waals surface area contributed by atoms with E-state index in [0.29, 0.717) is 5.25 Å². The second-order valence-electron chi connectivity index (χ2n) is 5.73. The Labute approximate surface area is 124 Å². The van der Waals surface area contributed by atoms with Gasteiger partial charge in [-0.15, -0.1) is 0 Å². The van der Waals surface area contributed by atoms with Crippen molar-refractivity contribution in [3.05, 3.63) is 0 Å². The maximum Gasteiger partial charge on any atom is 0.320 e. The van der Waals surface area contributed by atoms with Crippen molar-refractivity contribution < 1.29 is 8.98 Å². The molecule has 0 radical (unpaired) electrons. The highest BCUT2D eigenvalue weighted by atomic mass is 32.2. The van der Waals surface area contributed by atoms with E-state index in [2.05, 4.69) is 13.8 Å². The van der Waals surface area contributed by atoms with Crippen molar-refractivity contribution in [2.45, 2.75) is 90.7 Å². The summed E-state index contributed by atoms with van der Waals surface area (Å²) in [6, 6.07) is 0. The van der Waals surface area contributed by atoms with Crippen LogP contribution in [0.2, 0.25) is 0 Å². The third kappa shape index (κ3) is 12.6. The van der Waals surface area contributed by atoms with Crippen LogP contribution in [-0.4, -0.2) is 11.2 Å². The van der Waals surface area contributed by atoms with Crippen molar-refractivity contribution >= 4 is 18.0 Å². The minimum Gasteiger partial charge on any atom is -0.391 e. The van der Waals surface area contributed by atoms with E-state index in [0.717, 1.165) is 6.42 Å². The monoisotopic (exact) mass is 288 g/mol. The Kier molecular flexibility index (Phi) is 12.7. The van der Waals surface area contributed by atoms with E-state index in [4.69, 9.17) is 4.18 Å². The summed E-state index contributed by atoms with van der Waals surface area (Å²) in [6.07, 6.45) is 11.9. The first kappa shape index (κ1) is 18.8. The summed E-state index contributed by atoms with van der Waals surface area (Å²) in [5.41, 5.74) is 0. The molecule has 0 aromatic heterocycles. The van der Waals surface area contributed by atoms with Gasteiger partial charge in [0.1, 0.15) is 0 Å². The molecule has 0 aromatic carbocycles. The van der Waals surface area contributed by atoms with Crippen LogP contribution >= 0.6 is 12.0 Å². The minimum absolute atomic E-state index is 0.0252. The van der Waals surface area contributed by atoms with Gasteiger partial charge in [0.25, 0.3) is 0 Å². The van der Waals surface area contributed by atoms with Crippen molar-refractivity contribution in [3.63, 3.8) is 0 Å². The normalized spacial score (nSPS) is 12.7. The molecule has 0 aromatic rings. The molecule has 0 rings (SSSR count). The fourth-order valence-corrected chi connectivity index (χ4v) is 2.55. The van der Waals surface area contributed by atoms with Gasteiger partial charge in [0.15, 0.2) is 0 Å². The molecule has 0 N–H and O–H groups in total. The van der Waals surface area contributed by atoms with Crippen LogP contribution in [0.5, 0.6) is 0 Å². The zero-order chi connectivity index (χ0) is 14.5. The summed E-state index contributed by atoms with van der Waals surface area (Å²) in [5, 5.41) is 0.419. The van der Waals surface area contributed by atoms with Crippen LogP contribution in [0.3, 0.4) is 0 Å². The van der Waals surface area contributed by atoms with Crippen LogP contribution in [0.4, 0.5) is 0 Å². The summed E-state index contributed by atoms with van der Waals surface area (Å²) < 4.78 is 5.17. The van der Waals surface area contributed by atoms with Gasteiger partial charge in [-0.25, -0.2) is 0 Å². The Balaban J connectivity index is 3.29. The number of hydrogen-bond acceptors (Lipinski definition) is 3. The van der Waals surface area contributed by atoms with E-state index < -0.39 is 0 Å². The number of rotatable bonds is 12. The predicted molar refractivity (Wildman–Crippen MR) is 85.2 cm³/mol. The van der Waals surface area contributed by atoms with Crippen LogP contribution in [0, 0.1) is 5.92 Å². The highest BCUT2D eigenvalue weighted by Gasteiger charge is 2.11. The molecule has 0 bridgehead atoms. The van der Waals surface area contributed by atoms with Crippen LogP contribution in [0.25, 0.3) is 0 Å². The smallest absolute Gasteiger partial charge is 0.320 e. The van der Waals surface area contributed by atoms with E-state index in [-0.39, 0.29) is 11.9 Å². The molecule has 0 aliphatic heterocycles. The molecule has 1 atom stereocenters. The third-order valence-corrected chi connectivity index (χ3v) is 4.05. The van der Waals surface area contributed by atoms with E-state index in [1.165, 1.54) is 63.4 Å². The van der Waals surface area contributed by atoms with Crippen molar-refractivity contribution in [2.24, 2.45) is 5.92 Å². The largest absolute Gasteiger partial charge is 0.391 e. The standard InChI is InChI=1S/C16H32O2S/c1-5-6-7-8-9-10-11-12-13-15(4)19-18-16(17)14(2)3/h14-15H,5-13H2,1-4H3. The quantitative estimate of drug-likeness (QED) is 0.338. The van der Waals surface area contributed by atoms with Crippen LogP contribution in [0.1, 0.15) is 85.5 Å². The molecule has 0 heterocycles. The Bertz CT molecular complexity index is 217. The first-order chi connectivity index (χ1) is 9.07. The topological polar surface area (TPSA) is 26.3 Å².